The quantitative estimate of drug-likeness (QED) is 0.830. The number of aryl methyl sites for hydroxylation is 1. The molecule has 0 saturated heterocycles. The van der Waals surface area contributed by atoms with Crippen molar-refractivity contribution in [2.75, 3.05) is 25.0 Å². The number of hydrogen-bond donors (Lipinski definition) is 2. The minimum absolute atomic E-state index is 0.182. The Bertz CT molecular complexity index is 570. The summed E-state index contributed by atoms with van der Waals surface area (Å²) in [4.78, 5) is 4.46. The summed E-state index contributed by atoms with van der Waals surface area (Å²) < 4.78 is 5.95. The van der Waals surface area contributed by atoms with Gasteiger partial charge in [-0.3, -0.25) is 0 Å². The van der Waals surface area contributed by atoms with Crippen LogP contribution in [0.4, 0.5) is 5.69 Å². The number of fused-ring (bicyclic) bond motifs is 1. The van der Waals surface area contributed by atoms with Crippen LogP contribution in [0.5, 0.6) is 5.75 Å². The number of anilines is 1. The van der Waals surface area contributed by atoms with Gasteiger partial charge in [-0.25, -0.2) is 4.98 Å². The van der Waals surface area contributed by atoms with E-state index in [2.05, 4.69) is 21.0 Å². The van der Waals surface area contributed by atoms with Crippen LogP contribution in [-0.4, -0.2) is 30.7 Å². The van der Waals surface area contributed by atoms with Crippen LogP contribution < -0.4 is 15.4 Å². The molecular weight excluding hydrogens is 270 g/mol. The number of nitrogens with zero attached hydrogens (tertiary/aromatic N) is 1. The van der Waals surface area contributed by atoms with E-state index in [4.69, 9.17) is 4.74 Å². The highest BCUT2D eigenvalue weighted by molar-refractivity contribution is 7.09. The summed E-state index contributed by atoms with van der Waals surface area (Å²) in [5.74, 6) is 0.945. The Hall–Kier alpha value is -1.59. The van der Waals surface area contributed by atoms with Crippen LogP contribution in [0.25, 0.3) is 0 Å². The van der Waals surface area contributed by atoms with Gasteiger partial charge in [-0.05, 0) is 19.1 Å². The lowest BCUT2D eigenvalue weighted by Gasteiger charge is -2.27. The number of thiazole rings is 1. The fourth-order valence-electron chi connectivity index (χ4n) is 2.28. The second kappa shape index (κ2) is 6.24. The molecule has 1 unspecified atom stereocenters. The summed E-state index contributed by atoms with van der Waals surface area (Å²) in [7, 11) is 0. The van der Waals surface area contributed by atoms with E-state index in [1.807, 2.05) is 31.2 Å². The van der Waals surface area contributed by atoms with Gasteiger partial charge < -0.3 is 15.4 Å². The van der Waals surface area contributed by atoms with Crippen LogP contribution >= 0.6 is 11.3 Å². The average Bonchev–Trinajstić information content (AvgIpc) is 2.89. The van der Waals surface area contributed by atoms with Crippen molar-refractivity contribution in [1.82, 2.24) is 10.3 Å². The second-order valence-electron chi connectivity index (χ2n) is 4.93. The fraction of sp³-hybridized carbons (Fsp3) is 0.400. The van der Waals surface area contributed by atoms with Gasteiger partial charge in [-0.1, -0.05) is 12.1 Å². The van der Waals surface area contributed by atoms with E-state index < -0.39 is 0 Å². The maximum Gasteiger partial charge on any atom is 0.142 e. The Morgan fingerprint density at radius 2 is 2.35 bits per heavy atom. The predicted octanol–water partition coefficient (Wildman–Crippen LogP) is 2.46. The molecule has 20 heavy (non-hydrogen) atoms. The molecule has 0 radical (unpaired) electrons. The van der Waals surface area contributed by atoms with Gasteiger partial charge in [-0.2, -0.15) is 0 Å². The van der Waals surface area contributed by atoms with Crippen molar-refractivity contribution in [2.45, 2.75) is 19.4 Å². The summed E-state index contributed by atoms with van der Waals surface area (Å²) in [6.07, 6.45) is 1.16. The molecule has 1 aromatic carbocycles. The molecule has 0 saturated carbocycles. The second-order valence-corrected chi connectivity index (χ2v) is 5.99. The van der Waals surface area contributed by atoms with Crippen LogP contribution in [-0.2, 0) is 6.42 Å². The van der Waals surface area contributed by atoms with Gasteiger partial charge in [0.05, 0.1) is 22.9 Å². The molecule has 0 fully saturated rings. The van der Waals surface area contributed by atoms with Crippen molar-refractivity contribution in [1.29, 1.82) is 0 Å². The first kappa shape index (κ1) is 13.4. The third-order valence-electron chi connectivity index (χ3n) is 3.30. The highest BCUT2D eigenvalue weighted by Crippen LogP contribution is 2.27. The minimum Gasteiger partial charge on any atom is -0.485 e. The molecule has 1 aliphatic rings. The molecule has 4 nitrogen and oxygen atoms in total. The van der Waals surface area contributed by atoms with Crippen LogP contribution in [0, 0.1) is 6.92 Å². The molecular formula is C15H19N3OS. The number of ether oxygens (including phenoxy) is 1. The molecule has 2 heterocycles. The number of rotatable bonds is 5. The fourth-order valence-corrected chi connectivity index (χ4v) is 2.92. The summed E-state index contributed by atoms with van der Waals surface area (Å²) in [5, 5.41) is 10.1. The minimum atomic E-state index is 0.182. The van der Waals surface area contributed by atoms with Crippen molar-refractivity contribution < 1.29 is 4.74 Å². The van der Waals surface area contributed by atoms with Gasteiger partial charge >= 0.3 is 0 Å². The average molecular weight is 289 g/mol. The van der Waals surface area contributed by atoms with E-state index in [0.29, 0.717) is 0 Å². The zero-order chi connectivity index (χ0) is 13.8. The number of aromatic nitrogens is 1. The van der Waals surface area contributed by atoms with Crippen molar-refractivity contribution in [3.63, 3.8) is 0 Å². The van der Waals surface area contributed by atoms with Gasteiger partial charge in [0, 0.05) is 24.9 Å². The van der Waals surface area contributed by atoms with Crippen molar-refractivity contribution in [3.05, 3.63) is 40.3 Å². The first-order valence-electron chi connectivity index (χ1n) is 6.92. The normalized spacial score (nSPS) is 17.1. The molecule has 5 heteroatoms. The van der Waals surface area contributed by atoms with Crippen molar-refractivity contribution >= 4 is 17.0 Å². The molecule has 0 aliphatic carbocycles. The highest BCUT2D eigenvalue weighted by atomic mass is 32.1. The first-order chi connectivity index (χ1) is 9.81. The number of para-hydroxylation sites is 2. The molecule has 2 aromatic rings. The monoisotopic (exact) mass is 289 g/mol. The highest BCUT2D eigenvalue weighted by Gasteiger charge is 2.17. The van der Waals surface area contributed by atoms with Gasteiger partial charge in [0.2, 0.25) is 0 Å². The lowest BCUT2D eigenvalue weighted by Crippen LogP contribution is -2.40. The third-order valence-corrected chi connectivity index (χ3v) is 4.12. The van der Waals surface area contributed by atoms with E-state index >= 15 is 0 Å². The summed E-state index contributed by atoms with van der Waals surface area (Å²) >= 11 is 1.71. The van der Waals surface area contributed by atoms with Gasteiger partial charge in [0.1, 0.15) is 11.9 Å². The Morgan fingerprint density at radius 1 is 1.45 bits per heavy atom. The van der Waals surface area contributed by atoms with E-state index in [9.17, 15) is 0 Å². The van der Waals surface area contributed by atoms with Gasteiger partial charge in [0.15, 0.2) is 0 Å². The zero-order valence-electron chi connectivity index (χ0n) is 11.6. The number of hydrogen-bond acceptors (Lipinski definition) is 5. The van der Waals surface area contributed by atoms with E-state index in [1.165, 1.54) is 5.69 Å². The number of benzene rings is 1. The molecule has 2 N–H and O–H groups in total. The lowest BCUT2D eigenvalue weighted by molar-refractivity contribution is 0.202. The lowest BCUT2D eigenvalue weighted by atomic mass is 10.2. The maximum atomic E-state index is 5.95. The third kappa shape index (κ3) is 3.29. The Balaban J connectivity index is 1.42. The molecule has 1 aliphatic heterocycles. The van der Waals surface area contributed by atoms with Crippen molar-refractivity contribution in [2.24, 2.45) is 0 Å². The summed E-state index contributed by atoms with van der Waals surface area (Å²) in [6.45, 7) is 4.68. The molecule has 0 spiro atoms. The van der Waals surface area contributed by atoms with E-state index in [0.717, 1.165) is 42.5 Å². The standard InChI is InChI=1S/C15H19N3OS/c1-11-18-12(10-20-11)6-7-16-8-13-9-17-14-4-2-3-5-15(14)19-13/h2-5,10,13,16-17H,6-9H2,1H3. The van der Waals surface area contributed by atoms with Crippen LogP contribution in [0.1, 0.15) is 10.7 Å². The summed E-state index contributed by atoms with van der Waals surface area (Å²) in [5.41, 5.74) is 2.26. The smallest absolute Gasteiger partial charge is 0.142 e. The predicted molar refractivity (Wildman–Crippen MR) is 82.8 cm³/mol. The SMILES string of the molecule is Cc1nc(CCNCC2CNc3ccccc3O2)cs1. The Kier molecular flexibility index (Phi) is 4.18. The Morgan fingerprint density at radius 3 is 3.20 bits per heavy atom. The molecule has 3 rings (SSSR count). The van der Waals surface area contributed by atoms with Gasteiger partial charge in [0.25, 0.3) is 0 Å². The van der Waals surface area contributed by atoms with E-state index in [1.54, 1.807) is 11.3 Å². The molecule has 0 bridgehead atoms. The first-order valence-corrected chi connectivity index (χ1v) is 7.80. The van der Waals surface area contributed by atoms with Gasteiger partial charge in [-0.15, -0.1) is 11.3 Å². The van der Waals surface area contributed by atoms with Crippen LogP contribution in [0.15, 0.2) is 29.6 Å². The molecule has 106 valence electrons. The van der Waals surface area contributed by atoms with E-state index in [-0.39, 0.29) is 6.10 Å². The maximum absolute atomic E-state index is 5.95. The number of nitrogens with one attached hydrogen (secondary N) is 2. The Labute approximate surface area is 123 Å². The summed E-state index contributed by atoms with van der Waals surface area (Å²) in [6, 6.07) is 8.07. The molecule has 1 aromatic heterocycles. The molecule has 0 amide bonds. The van der Waals surface area contributed by atoms with Crippen LogP contribution in [0.3, 0.4) is 0 Å². The zero-order valence-corrected chi connectivity index (χ0v) is 12.4. The largest absolute Gasteiger partial charge is 0.485 e. The molecule has 1 atom stereocenters. The van der Waals surface area contributed by atoms with Crippen LogP contribution in [0.2, 0.25) is 0 Å². The van der Waals surface area contributed by atoms with Crippen molar-refractivity contribution in [3.8, 4) is 5.75 Å². The topological polar surface area (TPSA) is 46.2 Å².